The van der Waals surface area contributed by atoms with Crippen molar-refractivity contribution in [3.63, 3.8) is 0 Å². The van der Waals surface area contributed by atoms with Gasteiger partial charge in [-0.2, -0.15) is 0 Å². The van der Waals surface area contributed by atoms with E-state index in [0.717, 1.165) is 16.7 Å². The smallest absolute Gasteiger partial charge is 0.266 e. The van der Waals surface area contributed by atoms with E-state index in [1.165, 1.54) is 4.90 Å². The van der Waals surface area contributed by atoms with Gasteiger partial charge in [0, 0.05) is 24.1 Å². The first-order valence-corrected chi connectivity index (χ1v) is 15.3. The molecule has 0 aliphatic carbocycles. The summed E-state index contributed by atoms with van der Waals surface area (Å²) in [5, 5.41) is 20.7. The highest BCUT2D eigenvalue weighted by atomic mass is 16.7. The van der Waals surface area contributed by atoms with Gasteiger partial charge < -0.3 is 19.7 Å². The van der Waals surface area contributed by atoms with E-state index in [2.05, 4.69) is 11.8 Å². The molecule has 0 spiro atoms. The van der Waals surface area contributed by atoms with Crippen LogP contribution < -0.4 is 4.90 Å². The summed E-state index contributed by atoms with van der Waals surface area (Å²) in [6, 6.07) is 31.1. The van der Waals surface area contributed by atoms with E-state index in [-0.39, 0.29) is 42.6 Å². The molecular formula is C37H38N2O6. The zero-order valence-electron chi connectivity index (χ0n) is 25.6. The molecule has 232 valence electrons. The summed E-state index contributed by atoms with van der Waals surface area (Å²) in [5.41, 5.74) is 4.50. The molecule has 4 aromatic rings. The van der Waals surface area contributed by atoms with Crippen LogP contribution in [0.2, 0.25) is 0 Å². The Hall–Kier alpha value is -4.18. The Morgan fingerprint density at radius 2 is 1.47 bits per heavy atom. The van der Waals surface area contributed by atoms with Crippen molar-refractivity contribution in [2.75, 3.05) is 18.5 Å². The van der Waals surface area contributed by atoms with E-state index in [1.807, 2.05) is 74.6 Å². The lowest BCUT2D eigenvalue weighted by Gasteiger charge is -2.43. The number of hydrogen-bond donors (Lipinski definition) is 2. The number of nitrogens with zero attached hydrogens (tertiary/aromatic N) is 2. The number of imide groups is 1. The van der Waals surface area contributed by atoms with Gasteiger partial charge in [0.2, 0.25) is 0 Å². The molecule has 6 atom stereocenters. The fourth-order valence-electron chi connectivity index (χ4n) is 6.18. The monoisotopic (exact) mass is 606 g/mol. The van der Waals surface area contributed by atoms with E-state index >= 15 is 0 Å². The van der Waals surface area contributed by atoms with Crippen molar-refractivity contribution in [2.45, 2.75) is 51.1 Å². The van der Waals surface area contributed by atoms with Crippen LogP contribution in [-0.2, 0) is 16.1 Å². The van der Waals surface area contributed by atoms with Crippen LogP contribution in [0.1, 0.15) is 75.3 Å². The van der Waals surface area contributed by atoms with Crippen LogP contribution in [0.5, 0.6) is 0 Å². The number of ether oxygens (including phenoxy) is 2. The van der Waals surface area contributed by atoms with Crippen molar-refractivity contribution in [2.24, 2.45) is 5.92 Å². The quantitative estimate of drug-likeness (QED) is 0.232. The molecule has 4 aromatic carbocycles. The number of carbonyl (C=O) groups is 2. The topological polar surface area (TPSA) is 99.5 Å². The molecule has 2 N–H and O–H groups in total. The van der Waals surface area contributed by atoms with Crippen LogP contribution >= 0.6 is 0 Å². The first kappa shape index (κ1) is 30.8. The van der Waals surface area contributed by atoms with Crippen LogP contribution in [0, 0.1) is 5.92 Å². The number of carbonyl (C=O) groups excluding carboxylic acids is 2. The number of benzene rings is 4. The lowest BCUT2D eigenvalue weighted by atomic mass is 9.89. The van der Waals surface area contributed by atoms with Gasteiger partial charge in [0.05, 0.1) is 41.7 Å². The zero-order chi connectivity index (χ0) is 31.7. The third-order valence-electron chi connectivity index (χ3n) is 9.08. The lowest BCUT2D eigenvalue weighted by Crippen LogP contribution is -2.46. The molecule has 6 rings (SSSR count). The van der Waals surface area contributed by atoms with E-state index in [4.69, 9.17) is 9.47 Å². The van der Waals surface area contributed by atoms with Crippen molar-refractivity contribution in [1.82, 2.24) is 4.90 Å². The molecule has 0 saturated carbocycles. The maximum absolute atomic E-state index is 13.2. The number of amides is 2. The van der Waals surface area contributed by atoms with Gasteiger partial charge >= 0.3 is 0 Å². The first-order chi connectivity index (χ1) is 21.8. The van der Waals surface area contributed by atoms with Gasteiger partial charge in [0.25, 0.3) is 11.8 Å². The second-order valence-electron chi connectivity index (χ2n) is 11.9. The van der Waals surface area contributed by atoms with Crippen molar-refractivity contribution in [3.8, 4) is 0 Å². The normalized spacial score (nSPS) is 22.8. The predicted octanol–water partition coefficient (Wildman–Crippen LogP) is 5.82. The summed E-state index contributed by atoms with van der Waals surface area (Å²) in [6.07, 6.45) is -2.09. The molecule has 2 amide bonds. The van der Waals surface area contributed by atoms with Crippen molar-refractivity contribution >= 4 is 17.5 Å². The van der Waals surface area contributed by atoms with Crippen molar-refractivity contribution in [3.05, 3.63) is 137 Å². The molecule has 2 aliphatic heterocycles. The Kier molecular flexibility index (Phi) is 8.94. The molecule has 0 radical (unpaired) electrons. The molecule has 8 heteroatoms. The standard InChI is InChI=1S/C37H38N2O6/c1-23-32(21-38(3)24(2)33(41)26-10-5-4-6-11-26)44-37(45-34(23)27-18-16-25(22-40)17-19-27)28-12-9-13-29(20-28)39-35(42)30-14-7-8-15-31(30)36(39)43/h4-20,23-24,32-34,37,40-41H,21-22H2,1-3H3. The number of anilines is 1. The summed E-state index contributed by atoms with van der Waals surface area (Å²) >= 11 is 0. The van der Waals surface area contributed by atoms with E-state index < -0.39 is 12.4 Å². The second kappa shape index (κ2) is 13.0. The Morgan fingerprint density at radius 3 is 2.11 bits per heavy atom. The van der Waals surface area contributed by atoms with E-state index in [1.54, 1.807) is 42.5 Å². The lowest BCUT2D eigenvalue weighted by molar-refractivity contribution is -0.276. The molecule has 2 heterocycles. The van der Waals surface area contributed by atoms with Crippen LogP contribution in [0.4, 0.5) is 5.69 Å². The summed E-state index contributed by atoms with van der Waals surface area (Å²) in [6.45, 7) is 4.56. The van der Waals surface area contributed by atoms with Crippen LogP contribution in [0.25, 0.3) is 0 Å². The fraction of sp³-hybridized carbons (Fsp3) is 0.297. The van der Waals surface area contributed by atoms with Crippen molar-refractivity contribution < 1.29 is 29.3 Å². The summed E-state index contributed by atoms with van der Waals surface area (Å²) in [4.78, 5) is 29.7. The highest BCUT2D eigenvalue weighted by Crippen LogP contribution is 2.43. The van der Waals surface area contributed by atoms with Crippen LogP contribution in [-0.4, -0.2) is 52.7 Å². The highest BCUT2D eigenvalue weighted by molar-refractivity contribution is 6.34. The summed E-state index contributed by atoms with van der Waals surface area (Å²) < 4.78 is 13.3. The molecule has 1 saturated heterocycles. The van der Waals surface area contributed by atoms with Crippen molar-refractivity contribution in [1.29, 1.82) is 0 Å². The number of hydrogen-bond acceptors (Lipinski definition) is 7. The van der Waals surface area contributed by atoms with Gasteiger partial charge in [-0.25, -0.2) is 4.90 Å². The summed E-state index contributed by atoms with van der Waals surface area (Å²) in [7, 11) is 1.98. The van der Waals surface area contributed by atoms with Gasteiger partial charge in [0.15, 0.2) is 6.29 Å². The fourth-order valence-corrected chi connectivity index (χ4v) is 6.18. The molecular weight excluding hydrogens is 568 g/mol. The minimum Gasteiger partial charge on any atom is -0.392 e. The van der Waals surface area contributed by atoms with E-state index in [0.29, 0.717) is 28.9 Å². The number of aliphatic hydroxyl groups excluding tert-OH is 2. The SMILES string of the molecule is CC1C(CN(C)C(C)C(O)c2ccccc2)OC(c2cccc(N3C(=O)c4ccccc4C3=O)c2)OC1c1ccc(CO)cc1. The minimum atomic E-state index is -0.786. The van der Waals surface area contributed by atoms with Gasteiger partial charge in [-0.05, 0) is 54.9 Å². The predicted molar refractivity (Wildman–Crippen MR) is 170 cm³/mol. The molecule has 8 nitrogen and oxygen atoms in total. The minimum absolute atomic E-state index is 0.0489. The third-order valence-corrected chi connectivity index (χ3v) is 9.08. The van der Waals surface area contributed by atoms with E-state index in [9.17, 15) is 19.8 Å². The van der Waals surface area contributed by atoms with Crippen LogP contribution in [0.15, 0.2) is 103 Å². The van der Waals surface area contributed by atoms with Gasteiger partial charge in [0.1, 0.15) is 0 Å². The average molecular weight is 607 g/mol. The van der Waals surface area contributed by atoms with Crippen LogP contribution in [0.3, 0.4) is 0 Å². The maximum atomic E-state index is 13.2. The molecule has 2 aliphatic rings. The Labute approximate surface area is 263 Å². The first-order valence-electron chi connectivity index (χ1n) is 15.3. The molecule has 0 bridgehead atoms. The Bertz CT molecular complexity index is 1620. The Balaban J connectivity index is 1.28. The average Bonchev–Trinajstić information content (AvgIpc) is 3.34. The maximum Gasteiger partial charge on any atom is 0.266 e. The van der Waals surface area contributed by atoms with Gasteiger partial charge in [-0.3, -0.25) is 14.5 Å². The van der Waals surface area contributed by atoms with Gasteiger partial charge in [-0.1, -0.05) is 85.8 Å². The Morgan fingerprint density at radius 1 is 0.822 bits per heavy atom. The molecule has 45 heavy (non-hydrogen) atoms. The second-order valence-corrected chi connectivity index (χ2v) is 11.9. The summed E-state index contributed by atoms with van der Waals surface area (Å²) in [5.74, 6) is -0.789. The highest BCUT2D eigenvalue weighted by Gasteiger charge is 2.41. The molecule has 1 fully saturated rings. The number of likely N-dealkylation sites (N-methyl/N-ethyl adjacent to an activating group) is 1. The molecule has 0 aromatic heterocycles. The zero-order valence-corrected chi connectivity index (χ0v) is 25.6. The molecule has 6 unspecified atom stereocenters. The van der Waals surface area contributed by atoms with Gasteiger partial charge in [-0.15, -0.1) is 0 Å². The largest absolute Gasteiger partial charge is 0.392 e. The number of fused-ring (bicyclic) bond motifs is 1. The third kappa shape index (κ3) is 6.08. The number of aliphatic hydroxyl groups is 2. The number of rotatable bonds is 9.